The third kappa shape index (κ3) is 3.86. The summed E-state index contributed by atoms with van der Waals surface area (Å²) in [6, 6.07) is 15.1. The molecule has 0 fully saturated rings. The summed E-state index contributed by atoms with van der Waals surface area (Å²) < 4.78 is 8.99. The lowest BCUT2D eigenvalue weighted by atomic mass is 10.3. The molecule has 0 spiro atoms. The van der Waals surface area contributed by atoms with Crippen LogP contribution in [0.2, 0.25) is 0 Å². The van der Waals surface area contributed by atoms with Gasteiger partial charge in [-0.15, -0.1) is 0 Å². The van der Waals surface area contributed by atoms with Gasteiger partial charge in [-0.25, -0.2) is 9.67 Å². The van der Waals surface area contributed by atoms with E-state index in [1.54, 1.807) is 28.6 Å². The predicted octanol–water partition coefficient (Wildman–Crippen LogP) is 2.40. The van der Waals surface area contributed by atoms with Gasteiger partial charge in [0.25, 0.3) is 5.91 Å². The van der Waals surface area contributed by atoms with Crippen LogP contribution >= 0.6 is 0 Å². The monoisotopic (exact) mass is 389 g/mol. The van der Waals surface area contributed by atoms with Gasteiger partial charge in [0.2, 0.25) is 6.54 Å². The lowest BCUT2D eigenvalue weighted by molar-refractivity contribution is -0.684. The van der Waals surface area contributed by atoms with Crippen molar-refractivity contribution < 1.29 is 14.1 Å². The van der Waals surface area contributed by atoms with Crippen molar-refractivity contribution in [3.05, 3.63) is 67.1 Å². The Morgan fingerprint density at radius 3 is 2.69 bits per heavy atom. The van der Waals surface area contributed by atoms with Gasteiger partial charge in [-0.2, -0.15) is 9.67 Å². The number of para-hydroxylation sites is 2. The number of methoxy groups -OCH3 is 1. The second-order valence-corrected chi connectivity index (χ2v) is 6.39. The number of pyridine rings is 2. The van der Waals surface area contributed by atoms with Gasteiger partial charge < -0.3 is 15.4 Å². The molecule has 0 atom stereocenters. The van der Waals surface area contributed by atoms with Gasteiger partial charge in [0.05, 0.1) is 18.8 Å². The summed E-state index contributed by atoms with van der Waals surface area (Å²) in [5.74, 6) is 1.04. The number of hydrogen-bond donors (Lipinski definition) is 2. The predicted molar refractivity (Wildman–Crippen MR) is 110 cm³/mol. The van der Waals surface area contributed by atoms with Crippen LogP contribution in [0.5, 0.6) is 5.75 Å². The number of hydrogen-bond acceptors (Lipinski definition) is 5. The maximum absolute atomic E-state index is 12.4. The van der Waals surface area contributed by atoms with E-state index in [0.717, 1.165) is 22.6 Å². The van der Waals surface area contributed by atoms with E-state index in [1.807, 2.05) is 61.9 Å². The van der Waals surface area contributed by atoms with E-state index in [2.05, 4.69) is 20.7 Å². The Labute approximate surface area is 167 Å². The second-order valence-electron chi connectivity index (χ2n) is 6.39. The molecule has 29 heavy (non-hydrogen) atoms. The number of rotatable bonds is 6. The number of anilines is 2. The smallest absolute Gasteiger partial charge is 0.291 e. The molecule has 0 unspecified atom stereocenters. The third-order valence-electron chi connectivity index (χ3n) is 4.51. The van der Waals surface area contributed by atoms with E-state index in [4.69, 9.17) is 4.74 Å². The first-order valence-electron chi connectivity index (χ1n) is 9.13. The first-order chi connectivity index (χ1) is 14.2. The van der Waals surface area contributed by atoms with Crippen LogP contribution in [0.3, 0.4) is 0 Å². The molecule has 3 heterocycles. The van der Waals surface area contributed by atoms with E-state index in [9.17, 15) is 4.79 Å². The van der Waals surface area contributed by atoms with Gasteiger partial charge in [0.15, 0.2) is 12.4 Å². The molecule has 0 saturated carbocycles. The minimum Gasteiger partial charge on any atom is -0.494 e. The largest absolute Gasteiger partial charge is 0.494 e. The average Bonchev–Trinajstić information content (AvgIpc) is 3.17. The van der Waals surface area contributed by atoms with Crippen LogP contribution < -0.4 is 19.9 Å². The quantitative estimate of drug-likeness (QED) is 0.495. The van der Waals surface area contributed by atoms with Gasteiger partial charge in [-0.3, -0.25) is 4.79 Å². The van der Waals surface area contributed by atoms with Gasteiger partial charge in [0.1, 0.15) is 22.8 Å². The minimum atomic E-state index is -0.156. The Morgan fingerprint density at radius 2 is 1.93 bits per heavy atom. The first kappa shape index (κ1) is 18.4. The number of fused-ring (bicyclic) bond motifs is 1. The Bertz CT molecular complexity index is 1150. The number of carbonyl (C=O) groups excluding carboxylic acids is 1. The van der Waals surface area contributed by atoms with Gasteiger partial charge in [0, 0.05) is 24.9 Å². The summed E-state index contributed by atoms with van der Waals surface area (Å²) in [4.78, 5) is 16.9. The number of amides is 1. The average molecular weight is 389 g/mol. The number of nitrogens with one attached hydrogen (secondary N) is 2. The Kier molecular flexibility index (Phi) is 5.07. The molecular formula is C21H21N6O2+. The molecule has 0 aliphatic rings. The number of benzene rings is 1. The van der Waals surface area contributed by atoms with E-state index < -0.39 is 0 Å². The Morgan fingerprint density at radius 1 is 1.14 bits per heavy atom. The van der Waals surface area contributed by atoms with Crippen molar-refractivity contribution in [3.8, 4) is 11.4 Å². The molecule has 8 heteroatoms. The highest BCUT2D eigenvalue weighted by Gasteiger charge is 2.13. The van der Waals surface area contributed by atoms with Crippen molar-refractivity contribution in [2.75, 3.05) is 24.8 Å². The summed E-state index contributed by atoms with van der Waals surface area (Å²) in [5.41, 5.74) is 3.31. The molecule has 1 aromatic carbocycles. The highest BCUT2D eigenvalue weighted by Crippen LogP contribution is 2.25. The summed E-state index contributed by atoms with van der Waals surface area (Å²) >= 11 is 0. The number of nitrogens with zero attached hydrogens (tertiary/aromatic N) is 4. The molecule has 0 radical (unpaired) electrons. The molecule has 4 aromatic rings. The van der Waals surface area contributed by atoms with Crippen LogP contribution in [-0.2, 0) is 11.3 Å². The zero-order chi connectivity index (χ0) is 20.2. The van der Waals surface area contributed by atoms with Crippen molar-refractivity contribution in [1.82, 2.24) is 14.8 Å². The number of aromatic nitrogens is 4. The second kappa shape index (κ2) is 7.97. The molecule has 2 N–H and O–H groups in total. The van der Waals surface area contributed by atoms with Crippen molar-refractivity contribution in [2.24, 2.45) is 0 Å². The van der Waals surface area contributed by atoms with Gasteiger partial charge >= 0.3 is 0 Å². The summed E-state index contributed by atoms with van der Waals surface area (Å²) in [7, 11) is 3.48. The molecule has 0 aliphatic heterocycles. The summed E-state index contributed by atoms with van der Waals surface area (Å²) in [5, 5.41) is 10.3. The van der Waals surface area contributed by atoms with Crippen LogP contribution in [0.1, 0.15) is 0 Å². The highest BCUT2D eigenvalue weighted by molar-refractivity contribution is 5.90. The summed E-state index contributed by atoms with van der Waals surface area (Å²) in [6.45, 7) is 0.199. The maximum atomic E-state index is 12.4. The molecule has 3 aromatic heterocycles. The van der Waals surface area contributed by atoms with Gasteiger partial charge in [-0.05, 0) is 24.3 Å². The minimum absolute atomic E-state index is 0.156. The fourth-order valence-electron chi connectivity index (χ4n) is 3.06. The molecule has 146 valence electrons. The summed E-state index contributed by atoms with van der Waals surface area (Å²) in [6.07, 6.45) is 5.36. The Balaban J connectivity index is 1.53. The van der Waals surface area contributed by atoms with Crippen molar-refractivity contribution in [1.29, 1.82) is 0 Å². The first-order valence-corrected chi connectivity index (χ1v) is 9.13. The highest BCUT2D eigenvalue weighted by atomic mass is 16.5. The SMILES string of the molecule is CNc1cc[n+](CC(=O)Nc2ccc3c(cnn3-c3ccccc3OC)n2)cc1. The van der Waals surface area contributed by atoms with Crippen molar-refractivity contribution >= 4 is 28.4 Å². The van der Waals surface area contributed by atoms with Crippen LogP contribution in [0, 0.1) is 0 Å². The topological polar surface area (TPSA) is 85.0 Å². The zero-order valence-corrected chi connectivity index (χ0v) is 16.2. The number of carbonyl (C=O) groups is 1. The van der Waals surface area contributed by atoms with E-state index in [0.29, 0.717) is 11.3 Å². The molecule has 0 aliphatic carbocycles. The van der Waals surface area contributed by atoms with E-state index >= 15 is 0 Å². The molecule has 4 rings (SSSR count). The third-order valence-corrected chi connectivity index (χ3v) is 4.51. The standard InChI is InChI=1S/C21H20N6O2/c1-22-15-9-11-26(12-10-15)14-21(28)25-20-8-7-17-16(24-20)13-23-27(17)18-5-3-4-6-19(18)29-2/h3-13H,14H2,1-2H3,(H,24,25,28)/p+1. The molecular weight excluding hydrogens is 368 g/mol. The van der Waals surface area contributed by atoms with Crippen LogP contribution in [0.15, 0.2) is 67.1 Å². The Hall–Kier alpha value is -3.94. The van der Waals surface area contributed by atoms with Gasteiger partial charge in [-0.1, -0.05) is 12.1 Å². The van der Waals surface area contributed by atoms with Crippen LogP contribution in [0.25, 0.3) is 16.7 Å². The van der Waals surface area contributed by atoms with E-state index in [-0.39, 0.29) is 12.5 Å². The normalized spacial score (nSPS) is 10.7. The lowest BCUT2D eigenvalue weighted by Gasteiger charge is -2.09. The molecule has 0 saturated heterocycles. The molecule has 1 amide bonds. The molecule has 0 bridgehead atoms. The maximum Gasteiger partial charge on any atom is 0.291 e. The van der Waals surface area contributed by atoms with Crippen molar-refractivity contribution in [2.45, 2.75) is 6.54 Å². The molecule has 8 nitrogen and oxygen atoms in total. The van der Waals surface area contributed by atoms with E-state index in [1.165, 1.54) is 0 Å². The fraction of sp³-hybridized carbons (Fsp3) is 0.143. The van der Waals surface area contributed by atoms with Crippen molar-refractivity contribution in [3.63, 3.8) is 0 Å². The fourth-order valence-corrected chi connectivity index (χ4v) is 3.06. The lowest BCUT2D eigenvalue weighted by Crippen LogP contribution is -2.39. The van der Waals surface area contributed by atoms with Crippen LogP contribution in [0.4, 0.5) is 11.5 Å². The van der Waals surface area contributed by atoms with Crippen LogP contribution in [-0.4, -0.2) is 34.8 Å². The zero-order valence-electron chi connectivity index (χ0n) is 16.2. The number of ether oxygens (including phenoxy) is 1.